The van der Waals surface area contributed by atoms with Crippen LogP contribution in [0.1, 0.15) is 29.2 Å². The lowest BCUT2D eigenvalue weighted by Gasteiger charge is -2.33. The molecule has 1 unspecified atom stereocenters. The molecule has 3 heterocycles. The maximum absolute atomic E-state index is 13.0. The molecule has 1 amide bonds. The Morgan fingerprint density at radius 1 is 1.26 bits per heavy atom. The van der Waals surface area contributed by atoms with Gasteiger partial charge in [-0.15, -0.1) is 0 Å². The van der Waals surface area contributed by atoms with Crippen molar-refractivity contribution in [2.75, 3.05) is 18.4 Å². The fourth-order valence-electron chi connectivity index (χ4n) is 3.36. The van der Waals surface area contributed by atoms with E-state index in [2.05, 4.69) is 10.3 Å². The van der Waals surface area contributed by atoms with E-state index in [-0.39, 0.29) is 17.8 Å². The monoisotopic (exact) mass is 368 g/mol. The molecule has 3 aromatic rings. The van der Waals surface area contributed by atoms with Crippen LogP contribution in [0.15, 0.2) is 59.5 Å². The quantitative estimate of drug-likeness (QED) is 0.750. The number of halogens is 1. The second kappa shape index (κ2) is 7.65. The van der Waals surface area contributed by atoms with Crippen molar-refractivity contribution >= 4 is 11.6 Å². The number of imidazole rings is 1. The van der Waals surface area contributed by atoms with Crippen molar-refractivity contribution in [3.63, 3.8) is 0 Å². The van der Waals surface area contributed by atoms with Crippen molar-refractivity contribution in [1.82, 2.24) is 14.5 Å². The average Bonchev–Trinajstić information content (AvgIpc) is 3.36. The summed E-state index contributed by atoms with van der Waals surface area (Å²) < 4.78 is 20.7. The number of anilines is 1. The Labute approximate surface area is 156 Å². The van der Waals surface area contributed by atoms with Crippen LogP contribution in [0.5, 0.6) is 0 Å². The van der Waals surface area contributed by atoms with Crippen molar-refractivity contribution < 1.29 is 13.6 Å². The van der Waals surface area contributed by atoms with Crippen molar-refractivity contribution in [1.29, 1.82) is 0 Å². The zero-order valence-electron chi connectivity index (χ0n) is 14.8. The Morgan fingerprint density at radius 3 is 2.89 bits per heavy atom. The molecular formula is C20H21FN4O2. The van der Waals surface area contributed by atoms with Crippen LogP contribution in [-0.4, -0.2) is 39.5 Å². The highest BCUT2D eigenvalue weighted by Gasteiger charge is 2.26. The second-order valence-corrected chi connectivity index (χ2v) is 6.74. The zero-order valence-corrected chi connectivity index (χ0v) is 14.8. The van der Waals surface area contributed by atoms with Crippen molar-refractivity contribution in [2.45, 2.75) is 25.4 Å². The summed E-state index contributed by atoms with van der Waals surface area (Å²) in [6.45, 7) is 1.84. The van der Waals surface area contributed by atoms with Gasteiger partial charge in [0.15, 0.2) is 5.76 Å². The van der Waals surface area contributed by atoms with Crippen LogP contribution in [0.25, 0.3) is 0 Å². The smallest absolute Gasteiger partial charge is 0.289 e. The molecule has 2 aromatic heterocycles. The minimum Gasteiger partial charge on any atom is -0.454 e. The number of hydrogen-bond acceptors (Lipinski definition) is 4. The van der Waals surface area contributed by atoms with E-state index in [1.165, 1.54) is 12.1 Å². The molecular weight excluding hydrogens is 347 g/mol. The molecule has 0 saturated carbocycles. The number of piperidine rings is 1. The van der Waals surface area contributed by atoms with Crippen molar-refractivity contribution in [2.24, 2.45) is 0 Å². The zero-order chi connectivity index (χ0) is 18.6. The largest absolute Gasteiger partial charge is 0.454 e. The van der Waals surface area contributed by atoms with Crippen LogP contribution in [0, 0.1) is 5.82 Å². The van der Waals surface area contributed by atoms with E-state index in [0.29, 0.717) is 31.2 Å². The minimum atomic E-state index is -0.259. The van der Waals surface area contributed by atoms with Gasteiger partial charge in [-0.05, 0) is 49.2 Å². The third kappa shape index (κ3) is 4.19. The lowest BCUT2D eigenvalue weighted by atomic mass is 10.0. The Hall–Kier alpha value is -3.09. The number of rotatable bonds is 5. The molecule has 1 aliphatic rings. The Bertz CT molecular complexity index is 889. The predicted octanol–water partition coefficient (Wildman–Crippen LogP) is 3.38. The van der Waals surface area contributed by atoms with Crippen LogP contribution >= 0.6 is 0 Å². The molecule has 1 aliphatic heterocycles. The van der Waals surface area contributed by atoms with Gasteiger partial charge in [0.05, 0.1) is 12.9 Å². The number of nitrogens with zero attached hydrogens (tertiary/aromatic N) is 3. The fraction of sp³-hybridized carbons (Fsp3) is 0.300. The van der Waals surface area contributed by atoms with E-state index < -0.39 is 0 Å². The molecule has 1 fully saturated rings. The number of carbonyl (C=O) groups excluding carboxylic acids is 1. The van der Waals surface area contributed by atoms with Crippen molar-refractivity contribution in [3.05, 3.63) is 72.5 Å². The molecule has 1 atom stereocenters. The lowest BCUT2D eigenvalue weighted by Crippen LogP contribution is -2.45. The summed E-state index contributed by atoms with van der Waals surface area (Å²) in [5.41, 5.74) is 0.858. The SMILES string of the molecule is O=C(c1ccc(Cn2ccnc2)o1)N1CCCC(Nc2ccc(F)cc2)C1. The van der Waals surface area contributed by atoms with Gasteiger partial charge in [-0.3, -0.25) is 4.79 Å². The van der Waals surface area contributed by atoms with Gasteiger partial charge in [0.2, 0.25) is 0 Å². The van der Waals surface area contributed by atoms with Gasteiger partial charge in [-0.1, -0.05) is 0 Å². The first-order chi connectivity index (χ1) is 13.2. The van der Waals surface area contributed by atoms with Gasteiger partial charge in [0.1, 0.15) is 11.6 Å². The van der Waals surface area contributed by atoms with E-state index in [9.17, 15) is 9.18 Å². The van der Waals surface area contributed by atoms with Gasteiger partial charge >= 0.3 is 0 Å². The van der Waals surface area contributed by atoms with E-state index in [0.717, 1.165) is 18.5 Å². The number of aromatic nitrogens is 2. The van der Waals surface area contributed by atoms with Crippen molar-refractivity contribution in [3.8, 4) is 0 Å². The van der Waals surface area contributed by atoms with E-state index in [1.807, 2.05) is 21.7 Å². The second-order valence-electron chi connectivity index (χ2n) is 6.74. The Morgan fingerprint density at radius 2 is 2.11 bits per heavy atom. The molecule has 7 heteroatoms. The topological polar surface area (TPSA) is 63.3 Å². The first-order valence-corrected chi connectivity index (χ1v) is 9.03. The Balaban J connectivity index is 1.38. The van der Waals surface area contributed by atoms with Gasteiger partial charge in [0.25, 0.3) is 5.91 Å². The maximum Gasteiger partial charge on any atom is 0.289 e. The molecule has 27 heavy (non-hydrogen) atoms. The van der Waals surface area contributed by atoms with Crippen LogP contribution in [0.2, 0.25) is 0 Å². The maximum atomic E-state index is 13.0. The van der Waals surface area contributed by atoms with Crippen LogP contribution in [-0.2, 0) is 6.54 Å². The highest BCUT2D eigenvalue weighted by Crippen LogP contribution is 2.19. The minimum absolute atomic E-state index is 0.0995. The molecule has 140 valence electrons. The number of furan rings is 1. The summed E-state index contributed by atoms with van der Waals surface area (Å²) in [6, 6.07) is 9.97. The van der Waals surface area contributed by atoms with E-state index >= 15 is 0 Å². The summed E-state index contributed by atoms with van der Waals surface area (Å²) in [7, 11) is 0. The Kier molecular flexibility index (Phi) is 4.91. The molecule has 1 saturated heterocycles. The molecule has 0 spiro atoms. The predicted molar refractivity (Wildman–Crippen MR) is 99.0 cm³/mol. The summed E-state index contributed by atoms with van der Waals surface area (Å²) >= 11 is 0. The molecule has 6 nitrogen and oxygen atoms in total. The standard InChI is InChI=1S/C20H21FN4O2/c21-15-3-5-16(6-4-15)23-17-2-1-10-25(12-17)20(26)19-8-7-18(27-19)13-24-11-9-22-14-24/h3-9,11,14,17,23H,1-2,10,12-13H2. The van der Waals surface area contributed by atoms with Gasteiger partial charge in [-0.2, -0.15) is 0 Å². The van der Waals surface area contributed by atoms with E-state index in [4.69, 9.17) is 4.42 Å². The van der Waals surface area contributed by atoms with E-state index in [1.54, 1.807) is 30.7 Å². The first kappa shape index (κ1) is 17.3. The number of likely N-dealkylation sites (tertiary alicyclic amines) is 1. The molecule has 0 aliphatic carbocycles. The highest BCUT2D eigenvalue weighted by atomic mass is 19.1. The van der Waals surface area contributed by atoms with Crippen LogP contribution in [0.4, 0.5) is 10.1 Å². The summed E-state index contributed by atoms with van der Waals surface area (Å²) in [6.07, 6.45) is 7.14. The third-order valence-corrected chi connectivity index (χ3v) is 4.69. The molecule has 0 radical (unpaired) electrons. The fourth-order valence-corrected chi connectivity index (χ4v) is 3.36. The third-order valence-electron chi connectivity index (χ3n) is 4.69. The normalized spacial score (nSPS) is 17.1. The lowest BCUT2D eigenvalue weighted by molar-refractivity contribution is 0.0680. The first-order valence-electron chi connectivity index (χ1n) is 9.03. The van der Waals surface area contributed by atoms with Gasteiger partial charge < -0.3 is 19.2 Å². The number of benzene rings is 1. The molecule has 0 bridgehead atoms. The van der Waals surface area contributed by atoms with Crippen LogP contribution in [0.3, 0.4) is 0 Å². The van der Waals surface area contributed by atoms with Gasteiger partial charge in [0, 0.05) is 37.2 Å². The number of hydrogen-bond donors (Lipinski definition) is 1. The molecule has 1 N–H and O–H groups in total. The summed E-state index contributed by atoms with van der Waals surface area (Å²) in [5.74, 6) is 0.713. The highest BCUT2D eigenvalue weighted by molar-refractivity contribution is 5.91. The molecule has 4 rings (SSSR count). The average molecular weight is 368 g/mol. The van der Waals surface area contributed by atoms with Crippen LogP contribution < -0.4 is 5.32 Å². The number of amides is 1. The number of nitrogens with one attached hydrogen (secondary N) is 1. The number of carbonyl (C=O) groups is 1. The molecule has 1 aromatic carbocycles. The summed E-state index contributed by atoms with van der Waals surface area (Å²) in [5, 5.41) is 3.38. The summed E-state index contributed by atoms with van der Waals surface area (Å²) in [4.78, 5) is 18.6. The van der Waals surface area contributed by atoms with Gasteiger partial charge in [-0.25, -0.2) is 9.37 Å².